The third-order valence-corrected chi connectivity index (χ3v) is 5.56. The second-order valence-corrected chi connectivity index (χ2v) is 7.37. The van der Waals surface area contributed by atoms with Crippen molar-refractivity contribution >= 4 is 13.9 Å². The number of carbonyl (C=O) groups is 1. The Hall–Kier alpha value is 0.209. The third kappa shape index (κ3) is 20.2. The maximum Gasteiger partial charge on any atom is 1.00 e. The van der Waals surface area contributed by atoms with Crippen molar-refractivity contribution in [3.05, 3.63) is 0 Å². The SMILES string of the molecule is CCCCP(CCCC)CCCC.O=C([O-])C(F)(F)F.[Cu+]. The van der Waals surface area contributed by atoms with Crippen LogP contribution in [0.2, 0.25) is 0 Å². The van der Waals surface area contributed by atoms with Crippen molar-refractivity contribution in [1.82, 2.24) is 0 Å². The summed E-state index contributed by atoms with van der Waals surface area (Å²) >= 11 is 0. The van der Waals surface area contributed by atoms with E-state index < -0.39 is 12.1 Å². The van der Waals surface area contributed by atoms with Gasteiger partial charge in [0.05, 0.1) is 0 Å². The molecule has 0 amide bonds. The number of carboxylic acid groups (broad SMARTS) is 1. The Morgan fingerprint density at radius 1 is 0.905 bits per heavy atom. The van der Waals surface area contributed by atoms with E-state index in [0.717, 1.165) is 0 Å². The number of alkyl halides is 3. The second kappa shape index (κ2) is 16.6. The smallest absolute Gasteiger partial charge is 0.542 e. The van der Waals surface area contributed by atoms with E-state index in [9.17, 15) is 13.2 Å². The molecule has 0 aliphatic carbocycles. The minimum Gasteiger partial charge on any atom is -0.542 e. The molecule has 0 unspecified atom stereocenters. The Morgan fingerprint density at radius 3 is 1.29 bits per heavy atom. The first-order valence-electron chi connectivity index (χ1n) is 7.30. The first-order chi connectivity index (χ1) is 9.29. The average molecular weight is 379 g/mol. The molecule has 0 aliphatic heterocycles. The van der Waals surface area contributed by atoms with Gasteiger partial charge in [0.25, 0.3) is 0 Å². The Balaban J connectivity index is -0.000000347. The minimum atomic E-state index is -5.19. The summed E-state index contributed by atoms with van der Waals surface area (Å²) in [6, 6.07) is 0. The fourth-order valence-electron chi connectivity index (χ4n) is 1.48. The minimum absolute atomic E-state index is 0. The number of carbonyl (C=O) groups excluding carboxylic acids is 1. The van der Waals surface area contributed by atoms with Crippen LogP contribution in [0.1, 0.15) is 59.3 Å². The average Bonchev–Trinajstić information content (AvgIpc) is 2.37. The number of aliphatic carboxylic acids is 1. The first-order valence-corrected chi connectivity index (χ1v) is 9.19. The van der Waals surface area contributed by atoms with E-state index >= 15 is 0 Å². The van der Waals surface area contributed by atoms with Crippen molar-refractivity contribution in [3.63, 3.8) is 0 Å². The Kier molecular flexibility index (Phi) is 20.6. The number of hydrogen-bond acceptors (Lipinski definition) is 2. The van der Waals surface area contributed by atoms with Crippen LogP contribution in [0.5, 0.6) is 0 Å². The Bertz CT molecular complexity index is 220. The summed E-state index contributed by atoms with van der Waals surface area (Å²) in [4.78, 5) is 8.78. The number of carboxylic acids is 1. The zero-order valence-electron chi connectivity index (χ0n) is 13.1. The van der Waals surface area contributed by atoms with Gasteiger partial charge in [0.1, 0.15) is 5.97 Å². The standard InChI is InChI=1S/C12H27P.C2HF3O2.Cu/c1-4-7-10-13(11-8-5-2)12-9-6-3;3-2(4,5)1(6)7;/h4-12H2,1-3H3;(H,6,7);/q;;+1/p-1. The predicted octanol–water partition coefficient (Wildman–Crippen LogP) is 4.16. The van der Waals surface area contributed by atoms with Crippen LogP contribution in [0.15, 0.2) is 0 Å². The number of rotatable bonds is 9. The molecule has 132 valence electrons. The molecule has 7 heteroatoms. The zero-order chi connectivity index (χ0) is 16.0. The molecule has 0 aromatic rings. The molecule has 0 radical (unpaired) electrons. The molecule has 0 atom stereocenters. The van der Waals surface area contributed by atoms with Crippen LogP contribution in [-0.2, 0) is 21.9 Å². The molecule has 21 heavy (non-hydrogen) atoms. The fourth-order valence-corrected chi connectivity index (χ4v) is 4.44. The second-order valence-electron chi connectivity index (χ2n) is 4.69. The van der Waals surface area contributed by atoms with Crippen LogP contribution in [-0.4, -0.2) is 30.6 Å². The predicted molar refractivity (Wildman–Crippen MR) is 77.3 cm³/mol. The molecule has 0 saturated heterocycles. The molecule has 0 fully saturated rings. The van der Waals surface area contributed by atoms with E-state index in [4.69, 9.17) is 9.90 Å². The number of unbranched alkanes of at least 4 members (excludes halogenated alkanes) is 3. The van der Waals surface area contributed by atoms with Crippen molar-refractivity contribution in [2.24, 2.45) is 0 Å². The van der Waals surface area contributed by atoms with Crippen LogP contribution in [0.25, 0.3) is 0 Å². The van der Waals surface area contributed by atoms with E-state index in [1.807, 2.05) is 0 Å². The molecule has 0 aromatic heterocycles. The van der Waals surface area contributed by atoms with Gasteiger partial charge in [-0.2, -0.15) is 13.2 Å². The van der Waals surface area contributed by atoms with Gasteiger partial charge in [-0.05, 0) is 37.7 Å². The molecule has 2 nitrogen and oxygen atoms in total. The summed E-state index contributed by atoms with van der Waals surface area (Å²) in [5, 5.41) is 8.78. The molecule has 0 spiro atoms. The largest absolute Gasteiger partial charge is 1.00 e. The molecule has 0 rings (SSSR count). The molecule has 0 aliphatic rings. The van der Waals surface area contributed by atoms with Crippen molar-refractivity contribution in [3.8, 4) is 0 Å². The van der Waals surface area contributed by atoms with Crippen molar-refractivity contribution < 1.29 is 40.1 Å². The molecule has 0 heterocycles. The van der Waals surface area contributed by atoms with Crippen LogP contribution in [0, 0.1) is 0 Å². The van der Waals surface area contributed by atoms with Gasteiger partial charge >= 0.3 is 23.2 Å². The maximum absolute atomic E-state index is 10.5. The van der Waals surface area contributed by atoms with Crippen molar-refractivity contribution in [1.29, 1.82) is 0 Å². The summed E-state index contributed by atoms with van der Waals surface area (Å²) in [5.41, 5.74) is 0. The molecule has 0 N–H and O–H groups in total. The molecule has 0 saturated carbocycles. The fraction of sp³-hybridized carbons (Fsp3) is 0.929. The van der Waals surface area contributed by atoms with Gasteiger partial charge in [-0.25, -0.2) is 0 Å². The summed E-state index contributed by atoms with van der Waals surface area (Å²) in [5.74, 6) is -3.01. The van der Waals surface area contributed by atoms with Crippen LogP contribution >= 0.6 is 7.92 Å². The zero-order valence-corrected chi connectivity index (χ0v) is 14.9. The van der Waals surface area contributed by atoms with Crippen LogP contribution < -0.4 is 5.11 Å². The van der Waals surface area contributed by atoms with E-state index in [-0.39, 0.29) is 17.1 Å². The van der Waals surface area contributed by atoms with Crippen LogP contribution in [0.4, 0.5) is 13.2 Å². The molecular weight excluding hydrogens is 352 g/mol. The van der Waals surface area contributed by atoms with Gasteiger partial charge in [0.15, 0.2) is 0 Å². The molecule has 0 bridgehead atoms. The number of hydrogen-bond donors (Lipinski definition) is 0. The van der Waals surface area contributed by atoms with E-state index in [1.54, 1.807) is 18.5 Å². The van der Waals surface area contributed by atoms with Gasteiger partial charge in [0, 0.05) is 0 Å². The number of halogens is 3. The van der Waals surface area contributed by atoms with Crippen molar-refractivity contribution in [2.75, 3.05) is 18.5 Å². The maximum atomic E-state index is 10.5. The summed E-state index contributed by atoms with van der Waals surface area (Å²) in [6.07, 6.45) is 8.02. The van der Waals surface area contributed by atoms with Gasteiger partial charge in [-0.15, -0.1) is 7.92 Å². The van der Waals surface area contributed by atoms with Crippen LogP contribution in [0.3, 0.4) is 0 Å². The summed E-state index contributed by atoms with van der Waals surface area (Å²) in [6.45, 7) is 6.94. The third-order valence-electron chi connectivity index (χ3n) is 2.72. The van der Waals surface area contributed by atoms with E-state index in [2.05, 4.69) is 20.8 Å². The summed E-state index contributed by atoms with van der Waals surface area (Å²) in [7, 11) is 0.422. The first kappa shape index (κ1) is 26.1. The van der Waals surface area contributed by atoms with E-state index in [1.165, 1.54) is 38.5 Å². The Labute approximate surface area is 138 Å². The Morgan fingerprint density at radius 2 is 1.14 bits per heavy atom. The molecule has 0 aromatic carbocycles. The van der Waals surface area contributed by atoms with Gasteiger partial charge in [0.2, 0.25) is 0 Å². The van der Waals surface area contributed by atoms with Gasteiger partial charge < -0.3 is 9.90 Å². The van der Waals surface area contributed by atoms with E-state index in [0.29, 0.717) is 7.92 Å². The van der Waals surface area contributed by atoms with Crippen molar-refractivity contribution in [2.45, 2.75) is 65.5 Å². The van der Waals surface area contributed by atoms with Gasteiger partial charge in [-0.1, -0.05) is 40.0 Å². The normalized spacial score (nSPS) is 10.6. The monoisotopic (exact) mass is 378 g/mol. The quantitative estimate of drug-likeness (QED) is 0.446. The van der Waals surface area contributed by atoms with Gasteiger partial charge in [-0.3, -0.25) is 0 Å². The topological polar surface area (TPSA) is 40.1 Å². The molecular formula is C14H27CuF3O2P. The summed E-state index contributed by atoms with van der Waals surface area (Å²) < 4.78 is 31.5.